The van der Waals surface area contributed by atoms with Crippen LogP contribution in [0.5, 0.6) is 0 Å². The highest BCUT2D eigenvalue weighted by molar-refractivity contribution is 7.71. The smallest absolute Gasteiger partial charge is 0.280 e. The van der Waals surface area contributed by atoms with Crippen LogP contribution in [0.2, 0.25) is 0 Å². The number of imidazole rings is 1. The Balaban J connectivity index is 2.53. The lowest BCUT2D eigenvalue weighted by Crippen LogP contribution is -2.23. The summed E-state index contributed by atoms with van der Waals surface area (Å²) in [4.78, 5) is 17.9. The van der Waals surface area contributed by atoms with Gasteiger partial charge < -0.3 is 9.13 Å². The number of hydrogen-bond donors (Lipinski definition) is 0. The molecule has 0 aliphatic heterocycles. The Morgan fingerprint density at radius 1 is 1.21 bits per heavy atom. The summed E-state index contributed by atoms with van der Waals surface area (Å²) in [6.45, 7) is 0. The normalized spacial score (nSPS) is 11.3. The van der Waals surface area contributed by atoms with Crippen LogP contribution >= 0.6 is 23.6 Å². The Morgan fingerprint density at radius 3 is 2.58 bits per heavy atom. The Labute approximate surface area is 118 Å². The van der Waals surface area contributed by atoms with Gasteiger partial charge >= 0.3 is 0 Å². The second-order valence-electron chi connectivity index (χ2n) is 4.35. The van der Waals surface area contributed by atoms with E-state index in [-0.39, 0.29) is 5.56 Å². The molecule has 0 amide bonds. The molecule has 19 heavy (non-hydrogen) atoms. The largest absolute Gasteiger partial charge is 0.321 e. The lowest BCUT2D eigenvalue weighted by molar-refractivity contribution is 0.737. The molecule has 0 radical (unpaired) electrons. The minimum atomic E-state index is -0.115. The second kappa shape index (κ2) is 4.14. The summed E-state index contributed by atoms with van der Waals surface area (Å²) in [7, 11) is 5.37. The van der Waals surface area contributed by atoms with E-state index in [4.69, 9.17) is 12.2 Å². The van der Waals surface area contributed by atoms with Crippen LogP contribution in [0.25, 0.3) is 21.9 Å². The molecular formula is C12H12N4OS2. The number of rotatable bonds is 1. The van der Waals surface area contributed by atoms with E-state index in [0.29, 0.717) is 15.9 Å². The monoisotopic (exact) mass is 292 g/mol. The minimum Gasteiger partial charge on any atom is -0.321 e. The van der Waals surface area contributed by atoms with Crippen molar-refractivity contribution in [1.29, 1.82) is 0 Å². The molecule has 0 bridgehead atoms. The van der Waals surface area contributed by atoms with Gasteiger partial charge in [-0.1, -0.05) is 6.07 Å². The molecular weight excluding hydrogens is 280 g/mol. The van der Waals surface area contributed by atoms with Gasteiger partial charge in [-0.3, -0.25) is 9.36 Å². The predicted molar refractivity (Wildman–Crippen MR) is 79.1 cm³/mol. The first-order chi connectivity index (χ1) is 9.02. The summed E-state index contributed by atoms with van der Waals surface area (Å²) in [6.07, 6.45) is 0. The van der Waals surface area contributed by atoms with E-state index in [0.717, 1.165) is 10.7 Å². The van der Waals surface area contributed by atoms with E-state index in [2.05, 4.69) is 4.98 Å². The van der Waals surface area contributed by atoms with E-state index in [1.807, 2.05) is 36.2 Å². The maximum absolute atomic E-state index is 12.3. The summed E-state index contributed by atoms with van der Waals surface area (Å²) >= 11 is 6.84. The van der Waals surface area contributed by atoms with Gasteiger partial charge in [-0.25, -0.2) is 4.98 Å². The van der Waals surface area contributed by atoms with Crippen molar-refractivity contribution in [3.8, 4) is 10.7 Å². The fourth-order valence-corrected chi connectivity index (χ4v) is 3.06. The molecule has 0 aromatic carbocycles. The van der Waals surface area contributed by atoms with Gasteiger partial charge in [0.05, 0.1) is 4.88 Å². The molecule has 98 valence electrons. The fraction of sp³-hybridized carbons (Fsp3) is 0.250. The Bertz CT molecular complexity index is 883. The zero-order chi connectivity index (χ0) is 13.7. The molecule has 0 N–H and O–H groups in total. The third-order valence-corrected chi connectivity index (χ3v) is 4.63. The Kier molecular flexibility index (Phi) is 2.68. The summed E-state index contributed by atoms with van der Waals surface area (Å²) in [5.41, 5.74) is 1.08. The van der Waals surface area contributed by atoms with Gasteiger partial charge in [0.15, 0.2) is 21.8 Å². The first kappa shape index (κ1) is 12.3. The molecule has 0 saturated heterocycles. The van der Waals surface area contributed by atoms with Gasteiger partial charge in [-0.2, -0.15) is 0 Å². The highest BCUT2D eigenvalue weighted by Gasteiger charge is 2.17. The van der Waals surface area contributed by atoms with E-state index in [1.165, 1.54) is 4.57 Å². The minimum absolute atomic E-state index is 0.115. The van der Waals surface area contributed by atoms with Crippen molar-refractivity contribution in [3.05, 3.63) is 32.6 Å². The van der Waals surface area contributed by atoms with Crippen LogP contribution in [0.3, 0.4) is 0 Å². The van der Waals surface area contributed by atoms with Gasteiger partial charge in [0.2, 0.25) is 0 Å². The highest BCUT2D eigenvalue weighted by atomic mass is 32.1. The topological polar surface area (TPSA) is 44.8 Å². The number of aromatic nitrogens is 4. The fourth-order valence-electron chi connectivity index (χ4n) is 2.14. The third-order valence-electron chi connectivity index (χ3n) is 3.22. The van der Waals surface area contributed by atoms with Crippen molar-refractivity contribution in [2.75, 3.05) is 0 Å². The molecule has 0 saturated carbocycles. The molecule has 3 heterocycles. The first-order valence-corrected chi connectivity index (χ1v) is 6.97. The van der Waals surface area contributed by atoms with Gasteiger partial charge in [0.25, 0.3) is 5.56 Å². The molecule has 5 nitrogen and oxygen atoms in total. The zero-order valence-corrected chi connectivity index (χ0v) is 12.4. The van der Waals surface area contributed by atoms with Crippen LogP contribution < -0.4 is 5.56 Å². The van der Waals surface area contributed by atoms with Crippen molar-refractivity contribution in [2.45, 2.75) is 0 Å². The van der Waals surface area contributed by atoms with Crippen LogP contribution in [0.4, 0.5) is 0 Å². The molecule has 3 aromatic heterocycles. The SMILES string of the molecule is Cn1c(=O)c2c(nc(-c3cccs3)n2C)n(C)c1=S. The van der Waals surface area contributed by atoms with Crippen molar-refractivity contribution in [1.82, 2.24) is 18.7 Å². The lowest BCUT2D eigenvalue weighted by Gasteiger charge is -2.05. The molecule has 7 heteroatoms. The van der Waals surface area contributed by atoms with Crippen molar-refractivity contribution in [3.63, 3.8) is 0 Å². The molecule has 0 atom stereocenters. The third kappa shape index (κ3) is 1.62. The molecule has 0 fully saturated rings. The van der Waals surface area contributed by atoms with E-state index in [9.17, 15) is 4.79 Å². The number of fused-ring (bicyclic) bond motifs is 1. The van der Waals surface area contributed by atoms with Gasteiger partial charge in [-0.15, -0.1) is 11.3 Å². The van der Waals surface area contributed by atoms with Gasteiger partial charge in [0.1, 0.15) is 0 Å². The summed E-state index contributed by atoms with van der Waals surface area (Å²) in [5, 5.41) is 1.99. The van der Waals surface area contributed by atoms with Crippen LogP contribution in [0.15, 0.2) is 22.3 Å². The quantitative estimate of drug-likeness (QED) is 0.645. The van der Waals surface area contributed by atoms with Gasteiger partial charge in [0, 0.05) is 21.1 Å². The molecule has 3 rings (SSSR count). The van der Waals surface area contributed by atoms with E-state index < -0.39 is 0 Å². The summed E-state index contributed by atoms with van der Waals surface area (Å²) in [6, 6.07) is 3.96. The van der Waals surface area contributed by atoms with Crippen LogP contribution in [0, 0.1) is 4.77 Å². The van der Waals surface area contributed by atoms with E-state index in [1.54, 1.807) is 23.0 Å². The molecule has 0 aliphatic carbocycles. The average Bonchev–Trinajstić information content (AvgIpc) is 3.01. The Hall–Kier alpha value is -1.73. The lowest BCUT2D eigenvalue weighted by atomic mass is 10.4. The van der Waals surface area contributed by atoms with Crippen molar-refractivity contribution < 1.29 is 0 Å². The Morgan fingerprint density at radius 2 is 1.95 bits per heavy atom. The number of aryl methyl sites for hydroxylation is 2. The second-order valence-corrected chi connectivity index (χ2v) is 5.66. The highest BCUT2D eigenvalue weighted by Crippen LogP contribution is 2.25. The maximum atomic E-state index is 12.3. The molecule has 0 aliphatic rings. The molecule has 3 aromatic rings. The molecule has 0 unspecified atom stereocenters. The van der Waals surface area contributed by atoms with Crippen LogP contribution in [0.1, 0.15) is 0 Å². The average molecular weight is 292 g/mol. The van der Waals surface area contributed by atoms with E-state index >= 15 is 0 Å². The van der Waals surface area contributed by atoms with Crippen molar-refractivity contribution >= 4 is 34.7 Å². The first-order valence-electron chi connectivity index (χ1n) is 5.68. The summed E-state index contributed by atoms with van der Waals surface area (Å²) in [5.74, 6) is 0.790. The van der Waals surface area contributed by atoms with Gasteiger partial charge in [-0.05, 0) is 23.7 Å². The zero-order valence-electron chi connectivity index (χ0n) is 10.7. The molecule has 0 spiro atoms. The van der Waals surface area contributed by atoms with Crippen molar-refractivity contribution in [2.24, 2.45) is 21.1 Å². The summed E-state index contributed by atoms with van der Waals surface area (Å²) < 4.78 is 5.53. The predicted octanol–water partition coefficient (Wildman–Crippen LogP) is 2.07. The number of hydrogen-bond acceptors (Lipinski definition) is 4. The standard InChI is InChI=1S/C12H12N4OS2/c1-14-8-10(13-9(14)7-5-4-6-19-7)15(2)12(18)16(3)11(8)17/h4-6H,1-3H3. The number of nitrogens with zero attached hydrogens (tertiary/aromatic N) is 4. The maximum Gasteiger partial charge on any atom is 0.280 e. The van der Waals surface area contributed by atoms with Crippen LogP contribution in [-0.4, -0.2) is 18.7 Å². The van der Waals surface area contributed by atoms with Crippen LogP contribution in [-0.2, 0) is 21.1 Å². The number of thiophene rings is 1.